The molecule has 2 fully saturated rings. The van der Waals surface area contributed by atoms with Crippen LogP contribution in [0.15, 0.2) is 29.2 Å². The number of fused-ring (bicyclic) bond motifs is 1. The van der Waals surface area contributed by atoms with Gasteiger partial charge in [-0.1, -0.05) is 24.3 Å². The van der Waals surface area contributed by atoms with Crippen LogP contribution in [0, 0.1) is 0 Å². The van der Waals surface area contributed by atoms with Crippen molar-refractivity contribution in [1.29, 1.82) is 0 Å². The highest BCUT2D eigenvalue weighted by atomic mass is 32.2. The van der Waals surface area contributed by atoms with Crippen LogP contribution in [0.5, 0.6) is 0 Å². The third-order valence-corrected chi connectivity index (χ3v) is 10.1. The Bertz CT molecular complexity index is 991. The lowest BCUT2D eigenvalue weighted by Gasteiger charge is -2.39. The minimum absolute atomic E-state index is 0.189. The Kier molecular flexibility index (Phi) is 5.84. The predicted molar refractivity (Wildman–Crippen MR) is 113 cm³/mol. The normalized spacial score (nSPS) is 23.6. The summed E-state index contributed by atoms with van der Waals surface area (Å²) in [5.74, 6) is 0. The van der Waals surface area contributed by atoms with Crippen LogP contribution in [0.1, 0.15) is 17.5 Å². The zero-order valence-corrected chi connectivity index (χ0v) is 18.3. The van der Waals surface area contributed by atoms with Gasteiger partial charge in [-0.2, -0.15) is 21.3 Å². The fourth-order valence-corrected chi connectivity index (χ4v) is 7.29. The number of aryl methyl sites for hydroxylation is 1. The maximum absolute atomic E-state index is 13.1. The molecule has 0 N–H and O–H groups in total. The van der Waals surface area contributed by atoms with Crippen LogP contribution >= 0.6 is 0 Å². The molecular weight excluding hydrogens is 412 g/mol. The van der Waals surface area contributed by atoms with Gasteiger partial charge in [0.1, 0.15) is 0 Å². The zero-order chi connectivity index (χ0) is 20.6. The third kappa shape index (κ3) is 4.14. The van der Waals surface area contributed by atoms with Gasteiger partial charge >= 0.3 is 0 Å². The predicted octanol–water partition coefficient (Wildman–Crippen LogP) is 0.413. The summed E-state index contributed by atoms with van der Waals surface area (Å²) < 4.78 is 56.4. The minimum atomic E-state index is -3.58. The largest absolute Gasteiger partial charge is 0.304 e. The van der Waals surface area contributed by atoms with Crippen LogP contribution in [0.3, 0.4) is 0 Å². The number of piperazine rings is 2. The Morgan fingerprint density at radius 1 is 0.724 bits per heavy atom. The fraction of sp³-hybridized carbons (Fsp3) is 0.579. The Morgan fingerprint density at radius 2 is 1.28 bits per heavy atom. The molecule has 1 aliphatic carbocycles. The number of hydrogen-bond acceptors (Lipinski definition) is 5. The smallest absolute Gasteiger partial charge is 0.282 e. The van der Waals surface area contributed by atoms with Gasteiger partial charge in [-0.3, -0.25) is 0 Å². The van der Waals surface area contributed by atoms with Crippen molar-refractivity contribution in [2.75, 3.05) is 59.4 Å². The summed E-state index contributed by atoms with van der Waals surface area (Å²) >= 11 is 0. The van der Waals surface area contributed by atoms with Gasteiger partial charge in [-0.25, -0.2) is 8.42 Å². The minimum Gasteiger partial charge on any atom is -0.304 e. The first-order valence-corrected chi connectivity index (χ1v) is 12.8. The van der Waals surface area contributed by atoms with E-state index in [0.717, 1.165) is 11.1 Å². The summed E-state index contributed by atoms with van der Waals surface area (Å²) in [4.78, 5) is 2.53. The topological polar surface area (TPSA) is 81.2 Å². The van der Waals surface area contributed by atoms with Gasteiger partial charge in [0.05, 0.1) is 4.91 Å². The van der Waals surface area contributed by atoms with Gasteiger partial charge in [0.2, 0.25) is 10.0 Å². The van der Waals surface area contributed by atoms with E-state index in [9.17, 15) is 16.8 Å². The van der Waals surface area contributed by atoms with E-state index in [0.29, 0.717) is 43.9 Å². The molecule has 4 rings (SSSR count). The number of allylic oxidation sites excluding steroid dienone is 1. The molecule has 160 valence electrons. The molecule has 0 spiro atoms. The molecular formula is C19H28N4O4S2. The van der Waals surface area contributed by atoms with E-state index in [1.165, 1.54) is 12.9 Å². The first kappa shape index (κ1) is 21.0. The lowest BCUT2D eigenvalue weighted by atomic mass is 9.98. The first-order chi connectivity index (χ1) is 13.8. The molecule has 1 aromatic rings. The van der Waals surface area contributed by atoms with Gasteiger partial charge in [-0.15, -0.1) is 0 Å². The van der Waals surface area contributed by atoms with Crippen molar-refractivity contribution >= 4 is 26.3 Å². The summed E-state index contributed by atoms with van der Waals surface area (Å²) in [6, 6.07) is 7.83. The van der Waals surface area contributed by atoms with Crippen molar-refractivity contribution in [3.05, 3.63) is 40.3 Å². The van der Waals surface area contributed by atoms with Crippen molar-refractivity contribution < 1.29 is 16.8 Å². The highest BCUT2D eigenvalue weighted by molar-refractivity contribution is 7.93. The molecule has 0 saturated carbocycles. The summed E-state index contributed by atoms with van der Waals surface area (Å²) in [7, 11) is -5.14. The van der Waals surface area contributed by atoms with Crippen LogP contribution in [0.4, 0.5) is 0 Å². The quantitative estimate of drug-likeness (QED) is 0.678. The summed E-state index contributed by atoms with van der Waals surface area (Å²) in [5, 5.41) is 0. The lowest BCUT2D eigenvalue weighted by molar-refractivity contribution is 0.201. The molecule has 0 unspecified atom stereocenters. The standard InChI is InChI=1S/C19H28N4O4S2/c1-20-8-10-22(11-9-20)29(26,27)23-14-12-21(13-15-23)28(24,25)19-7-6-17-4-2-3-5-18(17)16-19/h2-5,16H,6-15H2,1H3. The molecule has 2 aliphatic heterocycles. The van der Waals surface area contributed by atoms with E-state index in [-0.39, 0.29) is 26.2 Å². The average molecular weight is 441 g/mol. The van der Waals surface area contributed by atoms with Crippen LogP contribution in [-0.2, 0) is 26.7 Å². The molecule has 2 heterocycles. The van der Waals surface area contributed by atoms with Gasteiger partial charge in [-0.05, 0) is 37.1 Å². The highest BCUT2D eigenvalue weighted by Gasteiger charge is 2.37. The van der Waals surface area contributed by atoms with E-state index in [1.54, 1.807) is 6.08 Å². The Balaban J connectivity index is 1.44. The van der Waals surface area contributed by atoms with Gasteiger partial charge < -0.3 is 4.90 Å². The van der Waals surface area contributed by atoms with Crippen LogP contribution < -0.4 is 0 Å². The second kappa shape index (κ2) is 8.09. The molecule has 1 aromatic carbocycles. The average Bonchev–Trinajstić information content (AvgIpc) is 2.74. The van der Waals surface area contributed by atoms with Crippen molar-refractivity contribution in [1.82, 2.24) is 17.8 Å². The summed E-state index contributed by atoms with van der Waals surface area (Å²) in [5.41, 5.74) is 2.11. The molecule has 8 nitrogen and oxygen atoms in total. The van der Waals surface area contributed by atoms with Crippen molar-refractivity contribution in [2.24, 2.45) is 0 Å². The summed E-state index contributed by atoms with van der Waals surface area (Å²) in [6.07, 6.45) is 2.96. The first-order valence-electron chi connectivity index (χ1n) is 10.0. The Morgan fingerprint density at radius 3 is 1.93 bits per heavy atom. The summed E-state index contributed by atoms with van der Waals surface area (Å²) in [6.45, 7) is 3.14. The fourth-order valence-electron chi connectivity index (χ4n) is 4.10. The molecule has 0 radical (unpaired) electrons. The van der Waals surface area contributed by atoms with E-state index >= 15 is 0 Å². The van der Waals surface area contributed by atoms with E-state index in [2.05, 4.69) is 4.90 Å². The van der Waals surface area contributed by atoms with E-state index < -0.39 is 20.2 Å². The molecule has 29 heavy (non-hydrogen) atoms. The number of nitrogens with zero attached hydrogens (tertiary/aromatic N) is 4. The second-order valence-electron chi connectivity index (χ2n) is 7.82. The lowest BCUT2D eigenvalue weighted by Crippen LogP contribution is -2.57. The maximum Gasteiger partial charge on any atom is 0.282 e. The molecule has 10 heteroatoms. The van der Waals surface area contributed by atoms with Gasteiger partial charge in [0.25, 0.3) is 10.2 Å². The monoisotopic (exact) mass is 440 g/mol. The van der Waals surface area contributed by atoms with Gasteiger partial charge in [0.15, 0.2) is 0 Å². The highest BCUT2D eigenvalue weighted by Crippen LogP contribution is 2.29. The van der Waals surface area contributed by atoms with Crippen LogP contribution in [0.25, 0.3) is 6.08 Å². The number of rotatable bonds is 4. The number of sulfonamides is 1. The Labute approximate surface area is 173 Å². The van der Waals surface area contributed by atoms with Crippen molar-refractivity contribution in [3.63, 3.8) is 0 Å². The SMILES string of the molecule is CN1CCN(S(=O)(=O)N2CCN(S(=O)(=O)C3=Cc4ccccc4CC3)CC2)CC1. The maximum atomic E-state index is 13.1. The van der Waals surface area contributed by atoms with Gasteiger partial charge in [0, 0.05) is 52.4 Å². The number of benzene rings is 1. The molecule has 0 atom stereocenters. The second-order valence-corrected chi connectivity index (χ2v) is 11.7. The molecule has 0 bridgehead atoms. The molecule has 3 aliphatic rings. The van der Waals surface area contributed by atoms with Crippen molar-refractivity contribution in [2.45, 2.75) is 12.8 Å². The van der Waals surface area contributed by atoms with E-state index in [4.69, 9.17) is 0 Å². The molecule has 2 saturated heterocycles. The van der Waals surface area contributed by atoms with Crippen LogP contribution in [0.2, 0.25) is 0 Å². The zero-order valence-electron chi connectivity index (χ0n) is 16.7. The Hall–Kier alpha value is -1.30. The molecule has 0 aromatic heterocycles. The third-order valence-electron chi connectivity index (χ3n) is 6.00. The van der Waals surface area contributed by atoms with Crippen molar-refractivity contribution in [3.8, 4) is 0 Å². The number of hydrogen-bond donors (Lipinski definition) is 0. The molecule has 0 amide bonds. The van der Waals surface area contributed by atoms with Crippen LogP contribution in [-0.4, -0.2) is 94.1 Å². The van der Waals surface area contributed by atoms with E-state index in [1.807, 2.05) is 31.3 Å². The number of likely N-dealkylation sites (N-methyl/N-ethyl adjacent to an activating group) is 1.